The van der Waals surface area contributed by atoms with Gasteiger partial charge in [0, 0.05) is 0 Å². The van der Waals surface area contributed by atoms with Gasteiger partial charge >= 0.3 is 0 Å². The van der Waals surface area contributed by atoms with Gasteiger partial charge in [-0.05, 0) is 22.6 Å². The molecule has 72 valence electrons. The Morgan fingerprint density at radius 3 is 2.62 bits per heavy atom. The fourth-order valence-corrected chi connectivity index (χ4v) is 1.65. The van der Waals surface area contributed by atoms with Crippen LogP contribution >= 0.6 is 22.6 Å². The van der Waals surface area contributed by atoms with E-state index in [1.807, 2.05) is 0 Å². The molecule has 0 aliphatic carbocycles. The van der Waals surface area contributed by atoms with Crippen LogP contribution in [0.4, 0.5) is 13.2 Å². The fourth-order valence-electron chi connectivity index (χ4n) is 0.802. The number of pyridine rings is 1. The Hall–Kier alpha value is -0.530. The highest BCUT2D eigenvalue weighted by molar-refractivity contribution is 14.1. The molecule has 0 atom stereocenters. The largest absolute Gasteiger partial charge is 0.492 e. The molecular weight excluding hydrogens is 298 g/mol. The van der Waals surface area contributed by atoms with Crippen LogP contribution in [-0.4, -0.2) is 12.1 Å². The highest BCUT2D eigenvalue weighted by Gasteiger charge is 2.19. The van der Waals surface area contributed by atoms with Crippen LogP contribution in [0.5, 0.6) is 5.75 Å². The van der Waals surface area contributed by atoms with Crippen molar-refractivity contribution in [3.05, 3.63) is 21.3 Å². The van der Waals surface area contributed by atoms with E-state index in [0.717, 1.165) is 6.20 Å². The summed E-state index contributed by atoms with van der Waals surface area (Å²) in [6.07, 6.45) is -2.00. The molecule has 2 nitrogen and oxygen atoms in total. The van der Waals surface area contributed by atoms with E-state index >= 15 is 0 Å². The molecule has 0 bridgehead atoms. The van der Waals surface area contributed by atoms with E-state index in [9.17, 15) is 13.2 Å². The summed E-state index contributed by atoms with van der Waals surface area (Å²) in [5.41, 5.74) is -0.459. The molecule has 0 saturated heterocycles. The summed E-state index contributed by atoms with van der Waals surface area (Å²) in [4.78, 5) is 3.27. The maximum absolute atomic E-state index is 12.9. The molecule has 1 rings (SSSR count). The third kappa shape index (κ3) is 2.04. The van der Waals surface area contributed by atoms with Gasteiger partial charge in [0.25, 0.3) is 6.43 Å². The summed E-state index contributed by atoms with van der Waals surface area (Å²) in [7, 11) is 1.22. The van der Waals surface area contributed by atoms with E-state index in [4.69, 9.17) is 0 Å². The molecule has 0 N–H and O–H groups in total. The summed E-state index contributed by atoms with van der Waals surface area (Å²) < 4.78 is 41.9. The lowest BCUT2D eigenvalue weighted by atomic mass is 10.3. The minimum Gasteiger partial charge on any atom is -0.492 e. The summed E-state index contributed by atoms with van der Waals surface area (Å²) in [5, 5.41) is 0. The van der Waals surface area contributed by atoms with Gasteiger partial charge in [0.05, 0.1) is 16.9 Å². The minimum absolute atomic E-state index is 0.00935. The van der Waals surface area contributed by atoms with E-state index in [0.29, 0.717) is 0 Å². The topological polar surface area (TPSA) is 22.1 Å². The highest BCUT2D eigenvalue weighted by atomic mass is 127. The van der Waals surface area contributed by atoms with Crippen LogP contribution in [0.25, 0.3) is 0 Å². The second kappa shape index (κ2) is 4.12. The van der Waals surface area contributed by atoms with Crippen LogP contribution in [-0.2, 0) is 0 Å². The van der Waals surface area contributed by atoms with Crippen LogP contribution in [0.2, 0.25) is 0 Å². The van der Waals surface area contributed by atoms with Crippen molar-refractivity contribution in [3.63, 3.8) is 0 Å². The maximum Gasteiger partial charge on any atom is 0.281 e. The molecule has 0 aliphatic rings. The Balaban J connectivity index is 3.27. The average Bonchev–Trinajstić information content (AvgIpc) is 2.04. The van der Waals surface area contributed by atoms with Gasteiger partial charge in [-0.15, -0.1) is 0 Å². The van der Waals surface area contributed by atoms with Crippen molar-refractivity contribution in [2.75, 3.05) is 7.11 Å². The van der Waals surface area contributed by atoms with E-state index < -0.39 is 17.9 Å². The second-order valence-electron chi connectivity index (χ2n) is 2.14. The minimum atomic E-state index is -2.72. The van der Waals surface area contributed by atoms with Gasteiger partial charge in [0.2, 0.25) is 0 Å². The first-order valence-corrected chi connectivity index (χ1v) is 4.31. The van der Waals surface area contributed by atoms with Crippen molar-refractivity contribution in [1.82, 2.24) is 4.98 Å². The van der Waals surface area contributed by atoms with Crippen LogP contribution in [0.3, 0.4) is 0 Å². The van der Waals surface area contributed by atoms with Crippen molar-refractivity contribution < 1.29 is 17.9 Å². The van der Waals surface area contributed by atoms with Crippen LogP contribution in [0, 0.1) is 9.39 Å². The number of ether oxygens (including phenoxy) is 1. The van der Waals surface area contributed by atoms with Gasteiger partial charge in [0.1, 0.15) is 5.69 Å². The molecule has 0 fully saturated rings. The zero-order chi connectivity index (χ0) is 10.0. The van der Waals surface area contributed by atoms with Crippen LogP contribution in [0.1, 0.15) is 12.1 Å². The Morgan fingerprint density at radius 2 is 2.15 bits per heavy atom. The lowest BCUT2D eigenvalue weighted by Gasteiger charge is -2.07. The van der Waals surface area contributed by atoms with Crippen molar-refractivity contribution in [2.45, 2.75) is 6.43 Å². The zero-order valence-corrected chi connectivity index (χ0v) is 8.68. The quantitative estimate of drug-likeness (QED) is 0.784. The number of rotatable bonds is 2. The summed E-state index contributed by atoms with van der Waals surface area (Å²) >= 11 is 1.57. The molecule has 0 unspecified atom stereocenters. The van der Waals surface area contributed by atoms with E-state index in [-0.39, 0.29) is 9.32 Å². The summed E-state index contributed by atoms with van der Waals surface area (Å²) in [6.45, 7) is 0. The summed E-state index contributed by atoms with van der Waals surface area (Å²) in [5.74, 6) is -0.929. The van der Waals surface area contributed by atoms with E-state index in [2.05, 4.69) is 9.72 Å². The third-order valence-electron chi connectivity index (χ3n) is 1.37. The van der Waals surface area contributed by atoms with E-state index in [1.54, 1.807) is 22.6 Å². The van der Waals surface area contributed by atoms with Gasteiger partial charge in [0.15, 0.2) is 11.6 Å². The van der Waals surface area contributed by atoms with Gasteiger partial charge < -0.3 is 4.74 Å². The molecule has 1 heterocycles. The number of alkyl halides is 2. The third-order valence-corrected chi connectivity index (χ3v) is 2.41. The predicted molar refractivity (Wildman–Crippen MR) is 48.4 cm³/mol. The number of hydrogen-bond acceptors (Lipinski definition) is 2. The van der Waals surface area contributed by atoms with Crippen LogP contribution < -0.4 is 4.74 Å². The van der Waals surface area contributed by atoms with E-state index in [1.165, 1.54) is 7.11 Å². The first-order chi connectivity index (χ1) is 6.07. The molecule has 0 saturated carbocycles. The maximum atomic E-state index is 12.9. The molecule has 13 heavy (non-hydrogen) atoms. The normalized spacial score (nSPS) is 10.6. The van der Waals surface area contributed by atoms with Gasteiger partial charge in [-0.3, -0.25) is 4.98 Å². The predicted octanol–water partition coefficient (Wildman–Crippen LogP) is 2.77. The Morgan fingerprint density at radius 1 is 1.54 bits per heavy atom. The smallest absolute Gasteiger partial charge is 0.281 e. The lowest BCUT2D eigenvalue weighted by molar-refractivity contribution is 0.144. The van der Waals surface area contributed by atoms with Crippen molar-refractivity contribution in [2.24, 2.45) is 0 Å². The second-order valence-corrected chi connectivity index (χ2v) is 3.22. The zero-order valence-electron chi connectivity index (χ0n) is 6.52. The monoisotopic (exact) mass is 303 g/mol. The van der Waals surface area contributed by atoms with Gasteiger partial charge in [-0.2, -0.15) is 0 Å². The summed E-state index contributed by atoms with van der Waals surface area (Å²) in [6, 6.07) is 0. The molecule has 6 heteroatoms. The Kier molecular flexibility index (Phi) is 3.34. The van der Waals surface area contributed by atoms with Crippen molar-refractivity contribution >= 4 is 22.6 Å². The van der Waals surface area contributed by atoms with Gasteiger partial charge in [-0.25, -0.2) is 13.2 Å². The Labute approximate surface area is 86.3 Å². The molecular formula is C7H5F3INO. The first-order valence-electron chi connectivity index (χ1n) is 3.24. The first kappa shape index (κ1) is 10.6. The molecule has 0 aromatic carbocycles. The molecule has 0 amide bonds. The molecule has 0 spiro atoms. The fraction of sp³-hybridized carbons (Fsp3) is 0.286. The number of nitrogens with zero attached hydrogens (tertiary/aromatic N) is 1. The SMILES string of the molecule is COc1c(F)cnc(C(F)F)c1I. The standard InChI is InChI=1S/C7H5F3INO/c1-13-6-3(8)2-12-5(4(6)11)7(9)10/h2,7H,1H3. The Bertz CT molecular complexity index is 319. The number of methoxy groups -OCH3 is 1. The molecule has 1 aromatic heterocycles. The van der Waals surface area contributed by atoms with Crippen molar-refractivity contribution in [3.8, 4) is 5.75 Å². The van der Waals surface area contributed by atoms with Crippen molar-refractivity contribution in [1.29, 1.82) is 0 Å². The molecule has 0 radical (unpaired) electrons. The van der Waals surface area contributed by atoms with Gasteiger partial charge in [-0.1, -0.05) is 0 Å². The number of aromatic nitrogens is 1. The number of hydrogen-bond donors (Lipinski definition) is 0. The lowest BCUT2D eigenvalue weighted by Crippen LogP contribution is -2.00. The van der Waals surface area contributed by atoms with Crippen LogP contribution in [0.15, 0.2) is 6.20 Å². The average molecular weight is 303 g/mol. The number of halogens is 4. The highest BCUT2D eigenvalue weighted by Crippen LogP contribution is 2.30. The molecule has 0 aliphatic heterocycles. The molecule has 1 aromatic rings.